The van der Waals surface area contributed by atoms with Gasteiger partial charge in [0.1, 0.15) is 24.3 Å². The van der Waals surface area contributed by atoms with Gasteiger partial charge in [0.15, 0.2) is 0 Å². The molecule has 116 valence electrons. The monoisotopic (exact) mass is 302 g/mol. The van der Waals surface area contributed by atoms with E-state index in [-0.39, 0.29) is 0 Å². The summed E-state index contributed by atoms with van der Waals surface area (Å²) < 4.78 is 10.2. The van der Waals surface area contributed by atoms with Crippen LogP contribution in [0.1, 0.15) is 6.42 Å². The number of anilines is 2. The third-order valence-corrected chi connectivity index (χ3v) is 3.55. The molecule has 0 amide bonds. The fourth-order valence-electron chi connectivity index (χ4n) is 2.44. The Balaban J connectivity index is 1.64. The molecule has 8 heteroatoms. The Morgan fingerprint density at radius 2 is 1.77 bits per heavy atom. The molecule has 1 saturated heterocycles. The van der Waals surface area contributed by atoms with Crippen molar-refractivity contribution in [3.8, 4) is 11.8 Å². The van der Waals surface area contributed by atoms with Crippen molar-refractivity contribution in [3.63, 3.8) is 0 Å². The molecule has 0 aromatic carbocycles. The molecule has 0 bridgehead atoms. The molecule has 1 unspecified atom stereocenters. The van der Waals surface area contributed by atoms with Gasteiger partial charge in [-0.1, -0.05) is 0 Å². The summed E-state index contributed by atoms with van der Waals surface area (Å²) in [4.78, 5) is 18.7. The molecule has 0 radical (unpaired) electrons. The molecule has 0 saturated carbocycles. The zero-order valence-electron chi connectivity index (χ0n) is 12.6. The maximum atomic E-state index is 5.14. The summed E-state index contributed by atoms with van der Waals surface area (Å²) in [5.74, 6) is 2.75. The number of nitrogens with one attached hydrogen (secondary N) is 1. The summed E-state index contributed by atoms with van der Waals surface area (Å²) in [5.41, 5.74) is 0. The van der Waals surface area contributed by atoms with Crippen molar-refractivity contribution in [2.45, 2.75) is 12.5 Å². The van der Waals surface area contributed by atoms with Gasteiger partial charge in [-0.25, -0.2) is 19.9 Å². The third kappa shape index (κ3) is 3.16. The molecular weight excluding hydrogens is 284 g/mol. The molecule has 1 atom stereocenters. The maximum absolute atomic E-state index is 5.14. The molecule has 1 N–H and O–H groups in total. The normalized spacial score (nSPS) is 17.4. The van der Waals surface area contributed by atoms with Crippen LogP contribution in [0.25, 0.3) is 0 Å². The molecule has 3 rings (SSSR count). The Morgan fingerprint density at radius 1 is 1.05 bits per heavy atom. The molecule has 2 aromatic heterocycles. The Bertz CT molecular complexity index is 638. The highest BCUT2D eigenvalue weighted by Crippen LogP contribution is 2.22. The molecule has 0 spiro atoms. The highest BCUT2D eigenvalue weighted by Gasteiger charge is 2.24. The first-order valence-electron chi connectivity index (χ1n) is 7.02. The Labute approximate surface area is 128 Å². The zero-order valence-corrected chi connectivity index (χ0v) is 12.6. The lowest BCUT2D eigenvalue weighted by Gasteiger charge is -2.18. The van der Waals surface area contributed by atoms with Crippen LogP contribution in [0.5, 0.6) is 11.8 Å². The highest BCUT2D eigenvalue weighted by molar-refractivity contribution is 5.45. The summed E-state index contributed by atoms with van der Waals surface area (Å²) in [5, 5.41) is 3.40. The van der Waals surface area contributed by atoms with Crippen molar-refractivity contribution in [1.29, 1.82) is 0 Å². The SMILES string of the molecule is COc1cc(NC2CCN(c3cc(OC)ncn3)C2)ncn1. The second-order valence-electron chi connectivity index (χ2n) is 4.94. The first kappa shape index (κ1) is 14.3. The lowest BCUT2D eigenvalue weighted by molar-refractivity contribution is 0.396. The first-order valence-corrected chi connectivity index (χ1v) is 7.02. The number of hydrogen-bond donors (Lipinski definition) is 1. The molecule has 22 heavy (non-hydrogen) atoms. The van der Waals surface area contributed by atoms with Crippen LogP contribution in [-0.4, -0.2) is 53.3 Å². The van der Waals surface area contributed by atoms with Crippen LogP contribution in [0.4, 0.5) is 11.6 Å². The minimum atomic E-state index is 0.292. The molecule has 0 aliphatic carbocycles. The van der Waals surface area contributed by atoms with E-state index in [1.807, 2.05) is 6.07 Å². The zero-order chi connectivity index (χ0) is 15.4. The number of aromatic nitrogens is 4. The maximum Gasteiger partial charge on any atom is 0.218 e. The summed E-state index contributed by atoms with van der Waals surface area (Å²) in [7, 11) is 3.19. The van der Waals surface area contributed by atoms with Gasteiger partial charge in [-0.05, 0) is 6.42 Å². The second-order valence-corrected chi connectivity index (χ2v) is 4.94. The predicted octanol–water partition coefficient (Wildman–Crippen LogP) is 0.975. The van der Waals surface area contributed by atoms with Crippen molar-refractivity contribution in [1.82, 2.24) is 19.9 Å². The fourth-order valence-corrected chi connectivity index (χ4v) is 2.44. The van der Waals surface area contributed by atoms with E-state index in [0.29, 0.717) is 17.8 Å². The van der Waals surface area contributed by atoms with Gasteiger partial charge in [0.05, 0.1) is 14.2 Å². The molecule has 1 aliphatic heterocycles. The molecular formula is C14H18N6O2. The van der Waals surface area contributed by atoms with E-state index < -0.39 is 0 Å². The number of rotatable bonds is 5. The Hall–Kier alpha value is -2.64. The van der Waals surface area contributed by atoms with Crippen molar-refractivity contribution < 1.29 is 9.47 Å². The van der Waals surface area contributed by atoms with E-state index in [9.17, 15) is 0 Å². The van der Waals surface area contributed by atoms with Crippen molar-refractivity contribution >= 4 is 11.6 Å². The molecule has 1 fully saturated rings. The van der Waals surface area contributed by atoms with Crippen LogP contribution in [0.2, 0.25) is 0 Å². The van der Waals surface area contributed by atoms with Gasteiger partial charge >= 0.3 is 0 Å². The van der Waals surface area contributed by atoms with Gasteiger partial charge in [0, 0.05) is 31.3 Å². The topological polar surface area (TPSA) is 85.3 Å². The van der Waals surface area contributed by atoms with E-state index in [0.717, 1.165) is 31.1 Å². The standard InChI is InChI=1S/C14H18N6O2/c1-21-13-5-11(15-8-17-13)19-10-3-4-20(7-10)12-6-14(22-2)18-9-16-12/h5-6,8-10H,3-4,7H2,1-2H3,(H,15,17,19). The van der Waals surface area contributed by atoms with E-state index in [2.05, 4.69) is 30.2 Å². The minimum absolute atomic E-state index is 0.292. The van der Waals surface area contributed by atoms with Gasteiger partial charge in [0.25, 0.3) is 0 Å². The van der Waals surface area contributed by atoms with Gasteiger partial charge in [-0.15, -0.1) is 0 Å². The third-order valence-electron chi connectivity index (χ3n) is 3.55. The van der Waals surface area contributed by atoms with Gasteiger partial charge in [-0.3, -0.25) is 0 Å². The average Bonchev–Trinajstić information content (AvgIpc) is 3.03. The number of methoxy groups -OCH3 is 2. The van der Waals surface area contributed by atoms with Gasteiger partial charge in [-0.2, -0.15) is 0 Å². The number of hydrogen-bond acceptors (Lipinski definition) is 8. The van der Waals surface area contributed by atoms with Crippen LogP contribution < -0.4 is 19.7 Å². The second kappa shape index (κ2) is 6.42. The Kier molecular flexibility index (Phi) is 4.17. The van der Waals surface area contributed by atoms with Crippen molar-refractivity contribution in [3.05, 3.63) is 24.8 Å². The first-order chi connectivity index (χ1) is 10.8. The van der Waals surface area contributed by atoms with Crippen LogP contribution in [0.3, 0.4) is 0 Å². The smallest absolute Gasteiger partial charge is 0.218 e. The average molecular weight is 302 g/mol. The van der Waals surface area contributed by atoms with E-state index in [4.69, 9.17) is 9.47 Å². The lowest BCUT2D eigenvalue weighted by atomic mass is 10.2. The largest absolute Gasteiger partial charge is 0.481 e. The van der Waals surface area contributed by atoms with Crippen LogP contribution in [0.15, 0.2) is 24.8 Å². The highest BCUT2D eigenvalue weighted by atomic mass is 16.5. The molecule has 3 heterocycles. The molecule has 2 aromatic rings. The van der Waals surface area contributed by atoms with E-state index in [1.54, 1.807) is 20.3 Å². The summed E-state index contributed by atoms with van der Waals surface area (Å²) in [6.07, 6.45) is 4.01. The molecule has 1 aliphatic rings. The van der Waals surface area contributed by atoms with Crippen molar-refractivity contribution in [2.75, 3.05) is 37.5 Å². The Morgan fingerprint density at radius 3 is 2.55 bits per heavy atom. The number of nitrogens with zero attached hydrogens (tertiary/aromatic N) is 5. The summed E-state index contributed by atoms with van der Waals surface area (Å²) in [6, 6.07) is 3.92. The quantitative estimate of drug-likeness (QED) is 0.874. The van der Waals surface area contributed by atoms with Crippen LogP contribution in [-0.2, 0) is 0 Å². The lowest BCUT2D eigenvalue weighted by Crippen LogP contribution is -2.27. The fraction of sp³-hybridized carbons (Fsp3) is 0.429. The number of ether oxygens (including phenoxy) is 2. The van der Waals surface area contributed by atoms with Crippen molar-refractivity contribution in [2.24, 2.45) is 0 Å². The van der Waals surface area contributed by atoms with Crippen LogP contribution in [0, 0.1) is 0 Å². The van der Waals surface area contributed by atoms with E-state index in [1.165, 1.54) is 12.7 Å². The molecule has 8 nitrogen and oxygen atoms in total. The van der Waals surface area contributed by atoms with Crippen LogP contribution >= 0.6 is 0 Å². The minimum Gasteiger partial charge on any atom is -0.481 e. The van der Waals surface area contributed by atoms with Gasteiger partial charge in [0.2, 0.25) is 11.8 Å². The summed E-state index contributed by atoms with van der Waals surface area (Å²) in [6.45, 7) is 1.76. The predicted molar refractivity (Wildman–Crippen MR) is 81.4 cm³/mol. The van der Waals surface area contributed by atoms with Gasteiger partial charge < -0.3 is 19.7 Å². The van der Waals surface area contributed by atoms with E-state index >= 15 is 0 Å². The summed E-state index contributed by atoms with van der Waals surface area (Å²) >= 11 is 0.